The van der Waals surface area contributed by atoms with Gasteiger partial charge in [-0.05, 0) is 115 Å². The van der Waals surface area contributed by atoms with E-state index < -0.39 is 102 Å². The van der Waals surface area contributed by atoms with E-state index in [9.17, 15) is 43.2 Å². The first kappa shape index (κ1) is 59.2. The number of rotatable bonds is 29. The minimum absolute atomic E-state index is 0.00124. The first-order valence-corrected chi connectivity index (χ1v) is 25.1. The van der Waals surface area contributed by atoms with Gasteiger partial charge in [0.25, 0.3) is 0 Å². The SMILES string of the molecule is CC(C)C[C@H](NC(=O)[C@@H]1CCCN1C(=O)[C@H](C)NC(=O)[C@H](CCCCN)NC(=O)[C@H](C)NC(=O)[C@@H]1CCCN1C(=O)[C@H](CC(C)C)NC(=O)[C@@H](N)CCCN=C(N)N)C(=O)N[C@H](C=O)Cc1ccccc1. The van der Waals surface area contributed by atoms with Crippen LogP contribution in [0.3, 0.4) is 0 Å². The lowest BCUT2D eigenvalue weighted by Gasteiger charge is -2.31. The maximum absolute atomic E-state index is 14.0. The molecule has 1 aromatic carbocycles. The van der Waals surface area contributed by atoms with Crippen molar-refractivity contribution in [1.29, 1.82) is 0 Å². The second kappa shape index (κ2) is 29.9. The third kappa shape index (κ3) is 19.5. The van der Waals surface area contributed by atoms with Crippen LogP contribution in [0, 0.1) is 11.8 Å². The molecule has 71 heavy (non-hydrogen) atoms. The number of likely N-dealkylation sites (tertiary alicyclic amines) is 2. The van der Waals surface area contributed by atoms with Gasteiger partial charge < -0.3 is 69.4 Å². The minimum Gasteiger partial charge on any atom is -0.370 e. The zero-order chi connectivity index (χ0) is 52.8. The summed E-state index contributed by atoms with van der Waals surface area (Å²) in [6.07, 6.45) is 5.02. The number of carbonyl (C=O) groups excluding carboxylic acids is 9. The molecule has 0 unspecified atom stereocenters. The second-order valence-electron chi connectivity index (χ2n) is 19.6. The highest BCUT2D eigenvalue weighted by Crippen LogP contribution is 2.22. The lowest BCUT2D eigenvalue weighted by molar-refractivity contribution is -0.142. The average molecular weight is 996 g/mol. The lowest BCUT2D eigenvalue weighted by atomic mass is 10.0. The summed E-state index contributed by atoms with van der Waals surface area (Å²) in [4.78, 5) is 128. The van der Waals surface area contributed by atoms with E-state index in [1.165, 1.54) is 23.6 Å². The Labute approximate surface area is 418 Å². The molecule has 22 heteroatoms. The summed E-state index contributed by atoms with van der Waals surface area (Å²) in [6, 6.07) is 0.288. The predicted octanol–water partition coefficient (Wildman–Crippen LogP) is -1.04. The largest absolute Gasteiger partial charge is 0.370 e. The fourth-order valence-electron chi connectivity index (χ4n) is 8.74. The molecule has 14 N–H and O–H groups in total. The van der Waals surface area contributed by atoms with Gasteiger partial charge in [-0.15, -0.1) is 0 Å². The van der Waals surface area contributed by atoms with E-state index in [0.29, 0.717) is 64.2 Å². The van der Waals surface area contributed by atoms with Crippen molar-refractivity contribution in [2.24, 2.45) is 39.8 Å². The normalized spacial score (nSPS) is 18.5. The molecule has 396 valence electrons. The van der Waals surface area contributed by atoms with Crippen LogP contribution in [0.5, 0.6) is 0 Å². The quantitative estimate of drug-likeness (QED) is 0.0199. The van der Waals surface area contributed by atoms with Crippen LogP contribution in [-0.2, 0) is 49.6 Å². The van der Waals surface area contributed by atoms with Crippen LogP contribution in [0.1, 0.15) is 118 Å². The molecule has 0 saturated carbocycles. The van der Waals surface area contributed by atoms with Gasteiger partial charge in [0.1, 0.15) is 48.6 Å². The Hall–Kier alpha value is -6.16. The molecule has 0 aliphatic carbocycles. The topological polar surface area (TPSA) is 349 Å². The molecule has 2 aliphatic rings. The zero-order valence-electron chi connectivity index (χ0n) is 42.5. The van der Waals surface area contributed by atoms with E-state index in [4.69, 9.17) is 22.9 Å². The van der Waals surface area contributed by atoms with Crippen LogP contribution < -0.4 is 54.8 Å². The Bertz CT molecular complexity index is 1980. The number of amides is 8. The number of guanidine groups is 1. The highest BCUT2D eigenvalue weighted by Gasteiger charge is 2.41. The van der Waals surface area contributed by atoms with Gasteiger partial charge in [-0.3, -0.25) is 43.3 Å². The summed E-state index contributed by atoms with van der Waals surface area (Å²) in [6.45, 7) is 11.6. The van der Waals surface area contributed by atoms with E-state index in [-0.39, 0.29) is 63.1 Å². The first-order chi connectivity index (χ1) is 33.7. The van der Waals surface area contributed by atoms with Crippen LogP contribution in [0.2, 0.25) is 0 Å². The number of hydrogen-bond donors (Lipinski definition) is 10. The fraction of sp³-hybridized carbons (Fsp3) is 0.673. The summed E-state index contributed by atoms with van der Waals surface area (Å²) in [7, 11) is 0. The van der Waals surface area contributed by atoms with Crippen molar-refractivity contribution in [2.75, 3.05) is 26.2 Å². The van der Waals surface area contributed by atoms with E-state index >= 15 is 0 Å². The van der Waals surface area contributed by atoms with Crippen molar-refractivity contribution in [3.63, 3.8) is 0 Å². The number of nitrogens with two attached hydrogens (primary N) is 4. The molecule has 3 rings (SSSR count). The molecular weight excluding hydrogens is 915 g/mol. The van der Waals surface area contributed by atoms with Crippen molar-refractivity contribution < 1.29 is 43.2 Å². The molecule has 2 saturated heterocycles. The van der Waals surface area contributed by atoms with Gasteiger partial charge in [-0.25, -0.2) is 0 Å². The van der Waals surface area contributed by atoms with Gasteiger partial charge in [0.2, 0.25) is 47.3 Å². The van der Waals surface area contributed by atoms with Gasteiger partial charge in [0.15, 0.2) is 5.96 Å². The number of aldehydes is 1. The first-order valence-electron chi connectivity index (χ1n) is 25.1. The Balaban J connectivity index is 1.64. The van der Waals surface area contributed by atoms with E-state index in [1.807, 2.05) is 58.0 Å². The summed E-state index contributed by atoms with van der Waals surface area (Å²) < 4.78 is 0. The maximum Gasteiger partial charge on any atom is 0.245 e. The fourth-order valence-corrected chi connectivity index (χ4v) is 8.74. The summed E-state index contributed by atoms with van der Waals surface area (Å²) in [5.74, 6) is -4.56. The monoisotopic (exact) mass is 996 g/mol. The molecule has 9 atom stereocenters. The number of aliphatic imine (C=N–C) groups is 1. The molecule has 0 radical (unpaired) electrons. The number of nitrogens with zero attached hydrogens (tertiary/aromatic N) is 3. The molecular formula is C49H81N13O9. The average Bonchev–Trinajstić information content (AvgIpc) is 4.03. The Morgan fingerprint density at radius 1 is 0.648 bits per heavy atom. The third-order valence-corrected chi connectivity index (χ3v) is 12.5. The van der Waals surface area contributed by atoms with Gasteiger partial charge in [-0.1, -0.05) is 58.0 Å². The van der Waals surface area contributed by atoms with Crippen molar-refractivity contribution in [2.45, 2.75) is 173 Å². The number of carbonyl (C=O) groups is 9. The van der Waals surface area contributed by atoms with Crippen molar-refractivity contribution in [3.05, 3.63) is 35.9 Å². The van der Waals surface area contributed by atoms with Gasteiger partial charge in [-0.2, -0.15) is 0 Å². The van der Waals surface area contributed by atoms with Crippen molar-refractivity contribution in [3.8, 4) is 0 Å². The summed E-state index contributed by atoms with van der Waals surface area (Å²) >= 11 is 0. The predicted molar refractivity (Wildman–Crippen MR) is 268 cm³/mol. The Morgan fingerprint density at radius 3 is 1.79 bits per heavy atom. The summed E-state index contributed by atoms with van der Waals surface area (Å²) in [5, 5.41) is 16.4. The molecule has 1 aromatic rings. The van der Waals surface area contributed by atoms with Crippen LogP contribution in [-0.4, -0.2) is 150 Å². The van der Waals surface area contributed by atoms with Crippen LogP contribution in [0.15, 0.2) is 35.3 Å². The van der Waals surface area contributed by atoms with E-state index in [1.54, 1.807) is 0 Å². The van der Waals surface area contributed by atoms with Gasteiger partial charge in [0.05, 0.1) is 12.1 Å². The molecule has 22 nitrogen and oxygen atoms in total. The standard InChI is InChI=1S/C49H81N13O9/c1-29(2)25-37(44(67)57-34(28-63)27-33-15-8-7-9-16-33)59-46(69)40-20-13-23-61(40)47(70)32(6)56-43(66)36(18-10-11-21-50)58-41(64)31(5)55-45(68)39-19-14-24-62(39)48(71)38(26-30(3)4)60-42(65)35(51)17-12-22-54-49(52)53/h7-9,15-16,28-32,34-40H,10-14,17-27,50-51H2,1-6H3,(H,55,68)(H,56,66)(H,57,67)(H,58,64)(H,59,69)(H,60,65)(H4,52,53,54)/t31-,32-,34-,35-,36-,37-,38-,39-,40-/m0/s1. The molecule has 0 bridgehead atoms. The molecule has 2 fully saturated rings. The minimum atomic E-state index is -1.15. The number of hydrogen-bond acceptors (Lipinski definition) is 12. The van der Waals surface area contributed by atoms with Crippen molar-refractivity contribution >= 4 is 59.5 Å². The van der Waals surface area contributed by atoms with Gasteiger partial charge >= 0.3 is 0 Å². The molecule has 0 spiro atoms. The highest BCUT2D eigenvalue weighted by atomic mass is 16.2. The number of nitrogens with one attached hydrogen (secondary N) is 6. The molecule has 8 amide bonds. The van der Waals surface area contributed by atoms with Crippen LogP contribution in [0.4, 0.5) is 0 Å². The maximum atomic E-state index is 14.0. The summed E-state index contributed by atoms with van der Waals surface area (Å²) in [5.41, 5.74) is 23.4. The van der Waals surface area contributed by atoms with Gasteiger partial charge in [0, 0.05) is 19.6 Å². The molecule has 2 heterocycles. The van der Waals surface area contributed by atoms with E-state index in [2.05, 4.69) is 36.9 Å². The Morgan fingerprint density at radius 2 is 1.21 bits per heavy atom. The third-order valence-electron chi connectivity index (χ3n) is 12.5. The smallest absolute Gasteiger partial charge is 0.245 e. The molecule has 2 aliphatic heterocycles. The second-order valence-corrected chi connectivity index (χ2v) is 19.6. The zero-order valence-corrected chi connectivity index (χ0v) is 42.5. The Kier molecular flexibility index (Phi) is 24.9. The van der Waals surface area contributed by atoms with Crippen LogP contribution in [0.25, 0.3) is 0 Å². The van der Waals surface area contributed by atoms with E-state index in [0.717, 1.165) is 5.56 Å². The lowest BCUT2D eigenvalue weighted by Crippen LogP contribution is -2.59. The number of unbranched alkanes of at least 4 members (excludes halogenated alkanes) is 1. The number of benzene rings is 1. The van der Waals surface area contributed by atoms with Crippen LogP contribution >= 0.6 is 0 Å². The van der Waals surface area contributed by atoms with Crippen molar-refractivity contribution in [1.82, 2.24) is 41.7 Å². The molecule has 0 aromatic heterocycles. The highest BCUT2D eigenvalue weighted by molar-refractivity contribution is 5.98.